The number of nitrogens with one attached hydrogen (secondary N) is 1. The number of halogens is 2. The van der Waals surface area contributed by atoms with E-state index < -0.39 is 16.1 Å². The summed E-state index contributed by atoms with van der Waals surface area (Å²) in [6, 6.07) is 11.6. The van der Waals surface area contributed by atoms with Crippen molar-refractivity contribution in [1.82, 2.24) is 10.2 Å². The van der Waals surface area contributed by atoms with Crippen molar-refractivity contribution < 1.29 is 18.0 Å². The molecule has 0 aliphatic rings. The van der Waals surface area contributed by atoms with Crippen LogP contribution in [0, 0.1) is 6.92 Å². The summed E-state index contributed by atoms with van der Waals surface area (Å²) in [5, 5.41) is 3.69. The molecule has 0 saturated carbocycles. The predicted octanol–water partition coefficient (Wildman–Crippen LogP) is 5.18. The van der Waals surface area contributed by atoms with E-state index in [-0.39, 0.29) is 37.7 Å². The third-order valence-electron chi connectivity index (χ3n) is 5.80. The van der Waals surface area contributed by atoms with Crippen LogP contribution in [0.3, 0.4) is 0 Å². The smallest absolute Gasteiger partial charge is 0.242 e. The maximum atomic E-state index is 13.5. The lowest BCUT2D eigenvalue weighted by Gasteiger charge is -2.31. The molecular formula is C26H35Cl2N3O4S. The predicted molar refractivity (Wildman–Crippen MR) is 147 cm³/mol. The lowest BCUT2D eigenvalue weighted by atomic mass is 10.1. The number of nitrogens with zero attached hydrogens (tertiary/aromatic N) is 2. The van der Waals surface area contributed by atoms with E-state index in [2.05, 4.69) is 5.32 Å². The Bertz CT molecular complexity index is 1120. The van der Waals surface area contributed by atoms with Gasteiger partial charge in [-0.3, -0.25) is 13.9 Å². The average molecular weight is 557 g/mol. The number of hydrogen-bond donors (Lipinski definition) is 1. The van der Waals surface area contributed by atoms with Gasteiger partial charge in [-0.25, -0.2) is 8.42 Å². The Balaban J connectivity index is 2.25. The Hall–Kier alpha value is -2.29. The molecule has 0 aliphatic heterocycles. The zero-order chi connectivity index (χ0) is 26.9. The largest absolute Gasteiger partial charge is 0.354 e. The maximum absolute atomic E-state index is 13.5. The molecule has 0 bridgehead atoms. The van der Waals surface area contributed by atoms with Crippen molar-refractivity contribution in [2.75, 3.05) is 23.7 Å². The quantitative estimate of drug-likeness (QED) is 0.368. The van der Waals surface area contributed by atoms with Crippen LogP contribution in [0.2, 0.25) is 10.0 Å². The molecule has 0 saturated heterocycles. The molecule has 2 rings (SSSR count). The molecule has 0 heterocycles. The van der Waals surface area contributed by atoms with Crippen LogP contribution in [0.15, 0.2) is 42.5 Å². The summed E-state index contributed by atoms with van der Waals surface area (Å²) < 4.78 is 26.2. The van der Waals surface area contributed by atoms with Crippen LogP contribution in [-0.2, 0) is 26.2 Å². The summed E-state index contributed by atoms with van der Waals surface area (Å²) in [6.45, 7) is 6.43. The van der Waals surface area contributed by atoms with E-state index in [0.29, 0.717) is 34.3 Å². The van der Waals surface area contributed by atoms with Gasteiger partial charge in [-0.15, -0.1) is 0 Å². The Kier molecular flexibility index (Phi) is 11.5. The van der Waals surface area contributed by atoms with Gasteiger partial charge in [0.15, 0.2) is 0 Å². The second-order valence-corrected chi connectivity index (χ2v) is 11.4. The van der Waals surface area contributed by atoms with Gasteiger partial charge in [-0.1, -0.05) is 60.8 Å². The Morgan fingerprint density at radius 2 is 1.64 bits per heavy atom. The first-order chi connectivity index (χ1) is 17.0. The second-order valence-electron chi connectivity index (χ2n) is 8.71. The summed E-state index contributed by atoms with van der Waals surface area (Å²) in [7, 11) is -3.54. The van der Waals surface area contributed by atoms with Gasteiger partial charge >= 0.3 is 0 Å². The van der Waals surface area contributed by atoms with E-state index in [9.17, 15) is 18.0 Å². The van der Waals surface area contributed by atoms with Crippen molar-refractivity contribution in [2.24, 2.45) is 0 Å². The van der Waals surface area contributed by atoms with Gasteiger partial charge in [-0.2, -0.15) is 0 Å². The third kappa shape index (κ3) is 8.39. The Labute approximate surface area is 224 Å². The average Bonchev–Trinajstić information content (AvgIpc) is 2.82. The van der Waals surface area contributed by atoms with Crippen molar-refractivity contribution >= 4 is 50.7 Å². The van der Waals surface area contributed by atoms with Crippen LogP contribution >= 0.6 is 23.2 Å². The molecule has 0 unspecified atom stereocenters. The highest BCUT2D eigenvalue weighted by atomic mass is 35.5. The van der Waals surface area contributed by atoms with Crippen LogP contribution in [0.5, 0.6) is 0 Å². The van der Waals surface area contributed by atoms with Gasteiger partial charge in [0.25, 0.3) is 0 Å². The standard InChI is InChI=1S/C26H35Cl2N3O4S/c1-5-16-29-26(33)24(6-2)30(18-21-22(27)9-7-10-23(21)28)25(32)11-8-17-31(36(4,34)35)20-14-12-19(3)13-15-20/h7,9-10,12-15,24H,5-6,8,11,16-18H2,1-4H3,(H,29,33)/t24-/m0/s1. The SMILES string of the molecule is CCCNC(=O)[C@H](CC)N(Cc1c(Cl)cccc1Cl)C(=O)CCCN(c1ccc(C)cc1)S(C)(=O)=O. The topological polar surface area (TPSA) is 86.8 Å². The summed E-state index contributed by atoms with van der Waals surface area (Å²) in [4.78, 5) is 27.9. The van der Waals surface area contributed by atoms with Crippen molar-refractivity contribution in [3.8, 4) is 0 Å². The number of anilines is 1. The third-order valence-corrected chi connectivity index (χ3v) is 7.70. The minimum atomic E-state index is -3.54. The van der Waals surface area contributed by atoms with Gasteiger partial charge in [0.2, 0.25) is 21.8 Å². The minimum Gasteiger partial charge on any atom is -0.354 e. The monoisotopic (exact) mass is 555 g/mol. The van der Waals surface area contributed by atoms with Crippen molar-refractivity contribution in [1.29, 1.82) is 0 Å². The van der Waals surface area contributed by atoms with E-state index in [1.54, 1.807) is 30.3 Å². The van der Waals surface area contributed by atoms with Crippen molar-refractivity contribution in [2.45, 2.75) is 59.0 Å². The molecule has 1 atom stereocenters. The fraction of sp³-hybridized carbons (Fsp3) is 0.462. The molecule has 0 aliphatic carbocycles. The molecule has 7 nitrogen and oxygen atoms in total. The van der Waals surface area contributed by atoms with Gasteiger partial charge in [0.05, 0.1) is 11.9 Å². The van der Waals surface area contributed by atoms with Gasteiger partial charge in [0, 0.05) is 41.7 Å². The van der Waals surface area contributed by atoms with Crippen LogP contribution < -0.4 is 9.62 Å². The molecule has 198 valence electrons. The fourth-order valence-electron chi connectivity index (χ4n) is 3.85. The molecule has 0 radical (unpaired) electrons. The zero-order valence-corrected chi connectivity index (χ0v) is 23.6. The number of rotatable bonds is 13. The number of hydrogen-bond acceptors (Lipinski definition) is 4. The summed E-state index contributed by atoms with van der Waals surface area (Å²) in [5.41, 5.74) is 2.12. The summed E-state index contributed by atoms with van der Waals surface area (Å²) in [6.07, 6.45) is 2.65. The van der Waals surface area contributed by atoms with Gasteiger partial charge < -0.3 is 10.2 Å². The summed E-state index contributed by atoms with van der Waals surface area (Å²) in [5.74, 6) is -0.518. The molecule has 0 fully saturated rings. The van der Waals surface area contributed by atoms with E-state index in [0.717, 1.165) is 18.2 Å². The first-order valence-electron chi connectivity index (χ1n) is 12.0. The first kappa shape index (κ1) is 29.9. The Morgan fingerprint density at radius 3 is 2.17 bits per heavy atom. The Morgan fingerprint density at radius 1 is 1.03 bits per heavy atom. The molecule has 0 spiro atoms. The lowest BCUT2D eigenvalue weighted by Crippen LogP contribution is -2.49. The van der Waals surface area contributed by atoms with Crippen LogP contribution in [0.4, 0.5) is 5.69 Å². The number of sulfonamides is 1. The van der Waals surface area contributed by atoms with E-state index in [1.807, 2.05) is 32.9 Å². The van der Waals surface area contributed by atoms with E-state index >= 15 is 0 Å². The highest BCUT2D eigenvalue weighted by molar-refractivity contribution is 7.92. The highest BCUT2D eigenvalue weighted by Crippen LogP contribution is 2.27. The van der Waals surface area contributed by atoms with E-state index in [1.165, 1.54) is 9.21 Å². The number of carbonyl (C=O) groups is 2. The lowest BCUT2D eigenvalue weighted by molar-refractivity contribution is -0.141. The number of amides is 2. The van der Waals surface area contributed by atoms with Crippen molar-refractivity contribution in [3.63, 3.8) is 0 Å². The molecular weight excluding hydrogens is 521 g/mol. The second kappa shape index (κ2) is 13.9. The minimum absolute atomic E-state index is 0.0531. The maximum Gasteiger partial charge on any atom is 0.242 e. The molecule has 10 heteroatoms. The molecule has 2 aromatic carbocycles. The summed E-state index contributed by atoms with van der Waals surface area (Å²) >= 11 is 12.7. The van der Waals surface area contributed by atoms with Crippen LogP contribution in [0.25, 0.3) is 0 Å². The van der Waals surface area contributed by atoms with Crippen LogP contribution in [-0.4, -0.2) is 50.5 Å². The number of benzene rings is 2. The number of aryl methyl sites for hydroxylation is 1. The molecule has 0 aromatic heterocycles. The zero-order valence-electron chi connectivity index (χ0n) is 21.3. The van der Waals surface area contributed by atoms with Gasteiger partial charge in [0.1, 0.15) is 6.04 Å². The van der Waals surface area contributed by atoms with E-state index in [4.69, 9.17) is 23.2 Å². The molecule has 2 amide bonds. The normalized spacial score (nSPS) is 12.2. The highest BCUT2D eigenvalue weighted by Gasteiger charge is 2.29. The first-order valence-corrected chi connectivity index (χ1v) is 14.6. The fourth-order valence-corrected chi connectivity index (χ4v) is 5.34. The van der Waals surface area contributed by atoms with Crippen LogP contribution in [0.1, 0.15) is 50.7 Å². The van der Waals surface area contributed by atoms with Gasteiger partial charge in [-0.05, 0) is 50.5 Å². The van der Waals surface area contributed by atoms with Crippen molar-refractivity contribution in [3.05, 3.63) is 63.6 Å². The molecule has 36 heavy (non-hydrogen) atoms. The molecule has 2 aromatic rings. The number of carbonyl (C=O) groups excluding carboxylic acids is 2. The molecule has 1 N–H and O–H groups in total.